The van der Waals surface area contributed by atoms with Gasteiger partial charge in [-0.1, -0.05) is 40.2 Å². The predicted octanol–water partition coefficient (Wildman–Crippen LogP) is 4.09. The van der Waals surface area contributed by atoms with Crippen molar-refractivity contribution in [1.29, 1.82) is 0 Å². The number of methoxy groups -OCH3 is 1. The summed E-state index contributed by atoms with van der Waals surface area (Å²) in [6, 6.07) is 13.5. The van der Waals surface area contributed by atoms with E-state index in [4.69, 9.17) is 4.74 Å². The van der Waals surface area contributed by atoms with Gasteiger partial charge in [0.25, 0.3) is 0 Å². The van der Waals surface area contributed by atoms with Crippen molar-refractivity contribution in [2.45, 2.75) is 12.5 Å². The second kappa shape index (κ2) is 6.26. The van der Waals surface area contributed by atoms with E-state index in [0.29, 0.717) is 10.0 Å². The van der Waals surface area contributed by atoms with E-state index in [1.165, 1.54) is 19.2 Å². The monoisotopic (exact) mass is 351 g/mol. The molecule has 0 aliphatic heterocycles. The fraction of sp³-hybridized carbons (Fsp3) is 0.188. The van der Waals surface area contributed by atoms with Crippen LogP contribution in [0.5, 0.6) is 0 Å². The molecule has 0 bridgehead atoms. The van der Waals surface area contributed by atoms with Gasteiger partial charge in [0.05, 0.1) is 7.11 Å². The molecule has 2 aromatic carbocycles. The number of para-hydroxylation sites is 1. The van der Waals surface area contributed by atoms with Crippen molar-refractivity contribution in [2.24, 2.45) is 0 Å². The fourth-order valence-electron chi connectivity index (χ4n) is 2.14. The maximum Gasteiger partial charge on any atom is 0.335 e. The molecule has 21 heavy (non-hydrogen) atoms. The molecule has 2 rings (SSSR count). The van der Waals surface area contributed by atoms with Crippen molar-refractivity contribution in [2.75, 3.05) is 12.4 Å². The lowest BCUT2D eigenvalue weighted by molar-refractivity contribution is -0.145. The molecule has 0 fully saturated rings. The molecule has 0 aromatic heterocycles. The molecule has 0 amide bonds. The number of halogens is 2. The number of benzene rings is 2. The Morgan fingerprint density at radius 3 is 2.48 bits per heavy atom. The van der Waals surface area contributed by atoms with Crippen LogP contribution in [-0.4, -0.2) is 13.1 Å². The molecule has 1 atom stereocenters. The molecule has 5 heteroatoms. The topological polar surface area (TPSA) is 38.3 Å². The van der Waals surface area contributed by atoms with Crippen LogP contribution in [-0.2, 0) is 15.1 Å². The van der Waals surface area contributed by atoms with Crippen LogP contribution in [0.2, 0.25) is 0 Å². The van der Waals surface area contributed by atoms with Gasteiger partial charge < -0.3 is 10.1 Å². The first-order chi connectivity index (χ1) is 9.97. The first-order valence-corrected chi connectivity index (χ1v) is 7.14. The van der Waals surface area contributed by atoms with Gasteiger partial charge >= 0.3 is 5.97 Å². The van der Waals surface area contributed by atoms with Crippen molar-refractivity contribution in [3.63, 3.8) is 0 Å². The van der Waals surface area contributed by atoms with Gasteiger partial charge in [0, 0.05) is 15.7 Å². The average molecular weight is 352 g/mol. The third kappa shape index (κ3) is 3.24. The number of esters is 1. The van der Waals surface area contributed by atoms with Crippen LogP contribution in [0.1, 0.15) is 12.5 Å². The van der Waals surface area contributed by atoms with Crippen molar-refractivity contribution < 1.29 is 13.9 Å². The summed E-state index contributed by atoms with van der Waals surface area (Å²) in [5.41, 5.74) is 0.226. The lowest BCUT2D eigenvalue weighted by Gasteiger charge is -2.30. The fourth-order valence-corrected chi connectivity index (χ4v) is 2.88. The van der Waals surface area contributed by atoms with E-state index < -0.39 is 11.5 Å². The minimum Gasteiger partial charge on any atom is -0.467 e. The van der Waals surface area contributed by atoms with Crippen LogP contribution < -0.4 is 5.32 Å². The molecule has 1 N–H and O–H groups in total. The van der Waals surface area contributed by atoms with Gasteiger partial charge in [-0.05, 0) is 31.2 Å². The number of anilines is 1. The van der Waals surface area contributed by atoms with Crippen molar-refractivity contribution in [3.8, 4) is 0 Å². The van der Waals surface area contributed by atoms with Gasteiger partial charge in [0.1, 0.15) is 5.82 Å². The number of hydrogen-bond acceptors (Lipinski definition) is 3. The van der Waals surface area contributed by atoms with E-state index in [-0.39, 0.29) is 5.82 Å². The van der Waals surface area contributed by atoms with E-state index in [2.05, 4.69) is 21.2 Å². The van der Waals surface area contributed by atoms with Crippen LogP contribution in [0.3, 0.4) is 0 Å². The highest BCUT2D eigenvalue weighted by atomic mass is 79.9. The molecule has 0 saturated heterocycles. The second-order valence-corrected chi connectivity index (χ2v) is 5.59. The van der Waals surface area contributed by atoms with Crippen molar-refractivity contribution in [1.82, 2.24) is 0 Å². The van der Waals surface area contributed by atoms with Crippen molar-refractivity contribution >= 4 is 27.6 Å². The first-order valence-electron chi connectivity index (χ1n) is 6.34. The Balaban J connectivity index is 2.49. The van der Waals surface area contributed by atoms with Crippen LogP contribution in [0.15, 0.2) is 53.0 Å². The third-order valence-electron chi connectivity index (χ3n) is 3.23. The van der Waals surface area contributed by atoms with Crippen LogP contribution in [0.25, 0.3) is 0 Å². The first kappa shape index (κ1) is 15.5. The molecule has 0 spiro atoms. The molecule has 0 heterocycles. The van der Waals surface area contributed by atoms with Crippen LogP contribution in [0, 0.1) is 5.82 Å². The summed E-state index contributed by atoms with van der Waals surface area (Å²) in [5, 5.41) is 3.16. The highest BCUT2D eigenvalue weighted by Crippen LogP contribution is 2.33. The number of hydrogen-bond donors (Lipinski definition) is 1. The lowest BCUT2D eigenvalue weighted by Crippen LogP contribution is -2.41. The van der Waals surface area contributed by atoms with E-state index in [0.717, 1.165) is 5.69 Å². The molecule has 0 radical (unpaired) electrons. The average Bonchev–Trinajstić information content (AvgIpc) is 2.47. The summed E-state index contributed by atoms with van der Waals surface area (Å²) in [5.74, 6) is -0.837. The van der Waals surface area contributed by atoms with E-state index in [1.54, 1.807) is 13.0 Å². The van der Waals surface area contributed by atoms with E-state index in [9.17, 15) is 9.18 Å². The quantitative estimate of drug-likeness (QED) is 0.843. The maximum atomic E-state index is 13.3. The SMILES string of the molecule is COC(=O)C(C)(Nc1ccccc1)c1ccc(F)cc1Br. The molecule has 110 valence electrons. The number of ether oxygens (including phenoxy) is 1. The standard InChI is InChI=1S/C16H15BrFNO2/c1-16(15(20)21-2,19-12-6-4-3-5-7-12)13-9-8-11(18)10-14(13)17/h3-10,19H,1-2H3. The Bertz CT molecular complexity index is 648. The summed E-state index contributed by atoms with van der Waals surface area (Å²) in [6.45, 7) is 1.70. The Morgan fingerprint density at radius 1 is 1.24 bits per heavy atom. The number of carbonyl (C=O) groups excluding carboxylic acids is 1. The molecular weight excluding hydrogens is 337 g/mol. The molecule has 0 saturated carbocycles. The highest BCUT2D eigenvalue weighted by Gasteiger charge is 2.38. The largest absolute Gasteiger partial charge is 0.467 e. The second-order valence-electron chi connectivity index (χ2n) is 4.73. The third-order valence-corrected chi connectivity index (χ3v) is 3.89. The zero-order chi connectivity index (χ0) is 15.5. The molecule has 0 aliphatic rings. The smallest absolute Gasteiger partial charge is 0.335 e. The predicted molar refractivity (Wildman–Crippen MR) is 83.5 cm³/mol. The van der Waals surface area contributed by atoms with Gasteiger partial charge in [-0.3, -0.25) is 0 Å². The molecule has 3 nitrogen and oxygen atoms in total. The molecule has 1 unspecified atom stereocenters. The van der Waals surface area contributed by atoms with Gasteiger partial charge in [0.2, 0.25) is 0 Å². The van der Waals surface area contributed by atoms with Gasteiger partial charge in [0.15, 0.2) is 5.54 Å². The Labute approximate surface area is 131 Å². The summed E-state index contributed by atoms with van der Waals surface area (Å²) in [7, 11) is 1.32. The van der Waals surface area contributed by atoms with Gasteiger partial charge in [-0.15, -0.1) is 0 Å². The zero-order valence-electron chi connectivity index (χ0n) is 11.7. The lowest BCUT2D eigenvalue weighted by atomic mass is 9.91. The molecule has 0 aliphatic carbocycles. The number of rotatable bonds is 4. The normalized spacial score (nSPS) is 13.3. The van der Waals surface area contributed by atoms with Gasteiger partial charge in [-0.2, -0.15) is 0 Å². The molecular formula is C16H15BrFNO2. The van der Waals surface area contributed by atoms with E-state index >= 15 is 0 Å². The minimum absolute atomic E-state index is 0.377. The summed E-state index contributed by atoms with van der Waals surface area (Å²) in [6.07, 6.45) is 0. The number of nitrogens with one attached hydrogen (secondary N) is 1. The minimum atomic E-state index is -1.14. The summed E-state index contributed by atoms with van der Waals surface area (Å²) in [4.78, 5) is 12.3. The Kier molecular flexibility index (Phi) is 4.63. The Hall–Kier alpha value is -1.88. The summed E-state index contributed by atoms with van der Waals surface area (Å²) >= 11 is 3.31. The van der Waals surface area contributed by atoms with Gasteiger partial charge in [-0.25, -0.2) is 9.18 Å². The maximum absolute atomic E-state index is 13.3. The highest BCUT2D eigenvalue weighted by molar-refractivity contribution is 9.10. The van der Waals surface area contributed by atoms with Crippen LogP contribution >= 0.6 is 15.9 Å². The summed E-state index contributed by atoms with van der Waals surface area (Å²) < 4.78 is 18.7. The van der Waals surface area contributed by atoms with Crippen molar-refractivity contribution in [3.05, 3.63) is 64.4 Å². The Morgan fingerprint density at radius 2 is 1.90 bits per heavy atom. The number of carbonyl (C=O) groups is 1. The van der Waals surface area contributed by atoms with Crippen LogP contribution in [0.4, 0.5) is 10.1 Å². The van der Waals surface area contributed by atoms with E-state index in [1.807, 2.05) is 30.3 Å². The molecule has 2 aromatic rings. The zero-order valence-corrected chi connectivity index (χ0v) is 13.3.